The van der Waals surface area contributed by atoms with E-state index in [4.69, 9.17) is 4.74 Å². The molecule has 2 atom stereocenters. The third kappa shape index (κ3) is 5.73. The van der Waals surface area contributed by atoms with Gasteiger partial charge in [-0.1, -0.05) is 6.07 Å². The van der Waals surface area contributed by atoms with Gasteiger partial charge in [0.25, 0.3) is 10.0 Å². The van der Waals surface area contributed by atoms with Crippen molar-refractivity contribution in [3.63, 3.8) is 0 Å². The van der Waals surface area contributed by atoms with E-state index in [9.17, 15) is 34.8 Å². The second-order valence-electron chi connectivity index (χ2n) is 7.97. The number of hydrogen-bond acceptors (Lipinski definition) is 7. The summed E-state index contributed by atoms with van der Waals surface area (Å²) < 4.78 is 118. The summed E-state index contributed by atoms with van der Waals surface area (Å²) in [4.78, 5) is 2.65. The fraction of sp³-hybridized carbons (Fsp3) is 0.333. The fourth-order valence-electron chi connectivity index (χ4n) is 3.94. The lowest BCUT2D eigenvalue weighted by molar-refractivity contribution is -0.140. The van der Waals surface area contributed by atoms with Gasteiger partial charge in [-0.15, -0.1) is 0 Å². The predicted octanol–water partition coefficient (Wildman–Crippen LogP) is 4.55. The van der Waals surface area contributed by atoms with Gasteiger partial charge in [0.2, 0.25) is 5.13 Å². The topological polar surface area (TPSA) is 93.2 Å². The molecular weight excluding hydrogens is 534 g/mol. The van der Waals surface area contributed by atoms with E-state index in [1.807, 2.05) is 4.72 Å². The van der Waals surface area contributed by atoms with E-state index in [0.29, 0.717) is 43.2 Å². The summed E-state index contributed by atoms with van der Waals surface area (Å²) in [5.41, 5.74) is -1.14. The Morgan fingerprint density at radius 1 is 1.11 bits per heavy atom. The molecule has 1 fully saturated rings. The third-order valence-corrected chi connectivity index (χ3v) is 7.71. The lowest BCUT2D eigenvalue weighted by Crippen LogP contribution is -2.38. The van der Waals surface area contributed by atoms with Crippen molar-refractivity contribution in [3.05, 3.63) is 65.2 Å². The summed E-state index contributed by atoms with van der Waals surface area (Å²) in [5, 5.41) is 2.92. The van der Waals surface area contributed by atoms with Crippen molar-refractivity contribution in [2.75, 3.05) is 24.4 Å². The Balaban J connectivity index is 1.52. The zero-order chi connectivity index (χ0) is 26.1. The smallest absolute Gasteiger partial charge is 0.419 e. The number of hydrogen-bond donors (Lipinski definition) is 2. The van der Waals surface area contributed by atoms with Crippen LogP contribution in [-0.2, 0) is 16.2 Å². The van der Waals surface area contributed by atoms with Gasteiger partial charge < -0.3 is 10.1 Å². The highest BCUT2D eigenvalue weighted by Crippen LogP contribution is 2.37. The van der Waals surface area contributed by atoms with Gasteiger partial charge in [-0.2, -0.15) is 17.5 Å². The number of rotatable bonds is 7. The largest absolute Gasteiger partial charge is 0.490 e. The van der Waals surface area contributed by atoms with Crippen molar-refractivity contribution in [1.82, 2.24) is 14.7 Å². The Morgan fingerprint density at radius 3 is 2.58 bits per heavy atom. The first-order valence-electron chi connectivity index (χ1n) is 10.4. The van der Waals surface area contributed by atoms with Crippen LogP contribution in [0.25, 0.3) is 0 Å². The van der Waals surface area contributed by atoms with Crippen LogP contribution in [0.1, 0.15) is 23.5 Å². The molecule has 1 aromatic heterocycles. The zero-order valence-corrected chi connectivity index (χ0v) is 19.8. The van der Waals surface area contributed by atoms with E-state index in [1.54, 1.807) is 0 Å². The Morgan fingerprint density at radius 2 is 1.89 bits per heavy atom. The Labute approximate surface area is 205 Å². The minimum atomic E-state index is -4.87. The molecule has 15 heteroatoms. The molecule has 0 saturated carbocycles. The standard InChI is InChI=1S/C21H18F6N4O3S2/c22-15-2-1-11(5-14(15)21(25,26)27)13-3-4-28-8-12(13)9-34-18-6-17(24)19(7-16(18)23)36(32,33)31-20-29-10-30-35-20/h1-2,5-7,10,12-13,28H,3-4,8-9H2,(H,29,30,31). The summed E-state index contributed by atoms with van der Waals surface area (Å²) in [7, 11) is -4.50. The molecule has 0 spiro atoms. The number of nitrogens with one attached hydrogen (secondary N) is 2. The van der Waals surface area contributed by atoms with Crippen LogP contribution in [0.5, 0.6) is 5.75 Å². The van der Waals surface area contributed by atoms with Crippen LogP contribution in [0, 0.1) is 23.4 Å². The number of benzene rings is 2. The van der Waals surface area contributed by atoms with E-state index < -0.39 is 61.7 Å². The molecule has 2 aromatic carbocycles. The van der Waals surface area contributed by atoms with Gasteiger partial charge in [-0.3, -0.25) is 4.72 Å². The van der Waals surface area contributed by atoms with Crippen LogP contribution in [0.2, 0.25) is 0 Å². The molecule has 2 N–H and O–H groups in total. The van der Waals surface area contributed by atoms with Gasteiger partial charge in [0.05, 0.1) is 12.2 Å². The van der Waals surface area contributed by atoms with E-state index >= 15 is 0 Å². The SMILES string of the molecule is O=S(=O)(Nc1ncns1)c1cc(F)c(OCC2CNCCC2c2ccc(F)c(C(F)(F)F)c2)cc1F. The summed E-state index contributed by atoms with van der Waals surface area (Å²) in [5.74, 6) is -5.33. The average molecular weight is 553 g/mol. The van der Waals surface area contributed by atoms with E-state index in [1.165, 1.54) is 6.07 Å². The minimum Gasteiger partial charge on any atom is -0.490 e. The third-order valence-electron chi connectivity index (χ3n) is 5.64. The van der Waals surface area contributed by atoms with Crippen molar-refractivity contribution < 1.29 is 39.5 Å². The van der Waals surface area contributed by atoms with Crippen molar-refractivity contribution in [2.24, 2.45) is 5.92 Å². The number of halogens is 6. The van der Waals surface area contributed by atoms with Crippen molar-refractivity contribution in [1.29, 1.82) is 0 Å². The molecule has 0 amide bonds. The molecule has 194 valence electrons. The van der Waals surface area contributed by atoms with Crippen molar-refractivity contribution >= 4 is 26.7 Å². The molecule has 36 heavy (non-hydrogen) atoms. The van der Waals surface area contributed by atoms with Crippen LogP contribution in [-0.4, -0.2) is 37.5 Å². The normalized spacial score (nSPS) is 18.7. The van der Waals surface area contributed by atoms with E-state index in [0.717, 1.165) is 18.5 Å². The van der Waals surface area contributed by atoms with Gasteiger partial charge in [-0.05, 0) is 36.6 Å². The highest BCUT2D eigenvalue weighted by molar-refractivity contribution is 7.93. The maximum absolute atomic E-state index is 14.7. The summed E-state index contributed by atoms with van der Waals surface area (Å²) in [6.07, 6.45) is -3.38. The van der Waals surface area contributed by atoms with Crippen LogP contribution in [0.3, 0.4) is 0 Å². The first-order chi connectivity index (χ1) is 17.0. The molecule has 0 bridgehead atoms. The van der Waals surface area contributed by atoms with Gasteiger partial charge in [0.15, 0.2) is 11.6 Å². The fourth-order valence-corrected chi connectivity index (χ4v) is 5.67. The number of alkyl halides is 3. The molecule has 1 saturated heterocycles. The Kier molecular flexibility index (Phi) is 7.43. The van der Waals surface area contributed by atoms with E-state index in [-0.39, 0.29) is 17.3 Å². The van der Waals surface area contributed by atoms with Crippen LogP contribution < -0.4 is 14.8 Å². The number of ether oxygens (including phenoxy) is 1. The molecule has 4 rings (SSSR count). The maximum atomic E-state index is 14.7. The molecule has 1 aliphatic rings. The van der Waals surface area contributed by atoms with Crippen LogP contribution in [0.15, 0.2) is 41.6 Å². The summed E-state index contributed by atoms with van der Waals surface area (Å²) >= 11 is 0.701. The number of aromatic nitrogens is 2. The lowest BCUT2D eigenvalue weighted by Gasteiger charge is -2.33. The molecule has 3 aromatic rings. The Hall–Kier alpha value is -2.91. The quantitative estimate of drug-likeness (QED) is 0.418. The minimum absolute atomic E-state index is 0.138. The van der Waals surface area contributed by atoms with E-state index in [2.05, 4.69) is 14.7 Å². The zero-order valence-electron chi connectivity index (χ0n) is 18.2. The highest BCUT2D eigenvalue weighted by Gasteiger charge is 2.36. The number of nitrogens with zero attached hydrogens (tertiary/aromatic N) is 2. The van der Waals surface area contributed by atoms with Crippen molar-refractivity contribution in [2.45, 2.75) is 23.4 Å². The number of piperidine rings is 1. The molecule has 2 heterocycles. The second-order valence-corrected chi connectivity index (χ2v) is 10.4. The Bertz CT molecular complexity index is 1340. The van der Waals surface area contributed by atoms with Gasteiger partial charge >= 0.3 is 6.18 Å². The van der Waals surface area contributed by atoms with Gasteiger partial charge in [0.1, 0.15) is 22.9 Å². The average Bonchev–Trinajstić information content (AvgIpc) is 3.31. The number of anilines is 1. The molecule has 0 radical (unpaired) electrons. The van der Waals surface area contributed by atoms with Crippen LogP contribution in [0.4, 0.5) is 31.5 Å². The summed E-state index contributed by atoms with van der Waals surface area (Å²) in [6, 6.07) is 3.80. The van der Waals surface area contributed by atoms with Gasteiger partial charge in [-0.25, -0.2) is 26.6 Å². The molecular formula is C21H18F6N4O3S2. The first-order valence-corrected chi connectivity index (χ1v) is 12.7. The maximum Gasteiger partial charge on any atom is 0.419 e. The first kappa shape index (κ1) is 26.2. The molecule has 0 aliphatic carbocycles. The monoisotopic (exact) mass is 552 g/mol. The lowest BCUT2D eigenvalue weighted by atomic mass is 9.81. The number of sulfonamides is 1. The predicted molar refractivity (Wildman–Crippen MR) is 118 cm³/mol. The van der Waals surface area contributed by atoms with Crippen LogP contribution >= 0.6 is 11.5 Å². The highest BCUT2D eigenvalue weighted by atomic mass is 32.2. The molecule has 2 unspecified atom stereocenters. The second kappa shape index (κ2) is 10.2. The summed E-state index contributed by atoms with van der Waals surface area (Å²) in [6.45, 7) is 0.560. The molecule has 7 nitrogen and oxygen atoms in total. The molecule has 1 aliphatic heterocycles. The van der Waals surface area contributed by atoms with Gasteiger partial charge in [0, 0.05) is 36.1 Å². The van der Waals surface area contributed by atoms with Crippen molar-refractivity contribution in [3.8, 4) is 5.75 Å².